The van der Waals surface area contributed by atoms with Gasteiger partial charge in [0, 0.05) is 10.7 Å². The molecule has 20 heavy (non-hydrogen) atoms. The standard InChI is InChI=1S/C14H13ClFNO2S/c1-9-13(17)3-2-4-14(9)20(18,19)8-10-7-11(16)5-6-12(10)15/h2-7H,8,17H2,1H3. The lowest BCUT2D eigenvalue weighted by molar-refractivity contribution is 0.594. The van der Waals surface area contributed by atoms with Crippen LogP contribution in [-0.2, 0) is 15.6 Å². The van der Waals surface area contributed by atoms with Gasteiger partial charge in [-0.2, -0.15) is 0 Å². The SMILES string of the molecule is Cc1c(N)cccc1S(=O)(=O)Cc1cc(F)ccc1Cl. The Balaban J connectivity index is 2.46. The number of nitrogen functional groups attached to an aromatic ring is 1. The first-order valence-corrected chi connectivity index (χ1v) is 7.86. The van der Waals surface area contributed by atoms with Crippen molar-refractivity contribution in [3.63, 3.8) is 0 Å². The van der Waals surface area contributed by atoms with Gasteiger partial charge < -0.3 is 5.73 Å². The fraction of sp³-hybridized carbons (Fsp3) is 0.143. The Morgan fingerprint density at radius 2 is 1.95 bits per heavy atom. The van der Waals surface area contributed by atoms with E-state index < -0.39 is 15.7 Å². The number of sulfone groups is 1. The molecule has 0 saturated carbocycles. The molecule has 0 bridgehead atoms. The number of hydrogen-bond acceptors (Lipinski definition) is 3. The molecule has 0 aliphatic heterocycles. The Bertz CT molecular complexity index is 760. The molecule has 2 aromatic rings. The molecule has 0 unspecified atom stereocenters. The van der Waals surface area contributed by atoms with Gasteiger partial charge >= 0.3 is 0 Å². The quantitative estimate of drug-likeness (QED) is 0.884. The molecule has 6 heteroatoms. The number of nitrogens with two attached hydrogens (primary N) is 1. The molecule has 0 heterocycles. The van der Waals surface area contributed by atoms with Crippen LogP contribution in [0.2, 0.25) is 5.02 Å². The van der Waals surface area contributed by atoms with Crippen molar-refractivity contribution in [1.29, 1.82) is 0 Å². The third-order valence-electron chi connectivity index (χ3n) is 3.01. The molecule has 0 atom stereocenters. The molecule has 0 saturated heterocycles. The minimum absolute atomic E-state index is 0.137. The van der Waals surface area contributed by atoms with E-state index in [2.05, 4.69) is 0 Å². The fourth-order valence-corrected chi connectivity index (χ4v) is 3.84. The second kappa shape index (κ2) is 5.42. The summed E-state index contributed by atoms with van der Waals surface area (Å²) in [6, 6.07) is 8.33. The molecular weight excluding hydrogens is 301 g/mol. The summed E-state index contributed by atoms with van der Waals surface area (Å²) in [5.74, 6) is -0.891. The molecule has 2 aromatic carbocycles. The van der Waals surface area contributed by atoms with Crippen molar-refractivity contribution in [3.05, 3.63) is 58.4 Å². The molecule has 2 N–H and O–H groups in total. The zero-order chi connectivity index (χ0) is 14.9. The van der Waals surface area contributed by atoms with Gasteiger partial charge in [0.05, 0.1) is 10.6 Å². The number of halogens is 2. The van der Waals surface area contributed by atoms with Gasteiger partial charge in [0.1, 0.15) is 5.82 Å². The van der Waals surface area contributed by atoms with E-state index in [1.807, 2.05) is 0 Å². The van der Waals surface area contributed by atoms with Gasteiger partial charge in [-0.05, 0) is 48.4 Å². The number of benzene rings is 2. The van der Waals surface area contributed by atoms with Crippen LogP contribution in [0.1, 0.15) is 11.1 Å². The molecule has 3 nitrogen and oxygen atoms in total. The predicted octanol–water partition coefficient (Wildman–Crippen LogP) is 3.34. The second-order valence-corrected chi connectivity index (χ2v) is 6.83. The van der Waals surface area contributed by atoms with E-state index in [1.54, 1.807) is 19.1 Å². The van der Waals surface area contributed by atoms with E-state index in [1.165, 1.54) is 18.2 Å². The Hall–Kier alpha value is -1.59. The van der Waals surface area contributed by atoms with Gasteiger partial charge in [0.2, 0.25) is 0 Å². The van der Waals surface area contributed by atoms with Crippen LogP contribution in [0, 0.1) is 12.7 Å². The largest absolute Gasteiger partial charge is 0.398 e. The van der Waals surface area contributed by atoms with Crippen LogP contribution in [0.15, 0.2) is 41.3 Å². The lowest BCUT2D eigenvalue weighted by Crippen LogP contribution is -2.08. The Kier molecular flexibility index (Phi) is 4.01. The molecule has 0 radical (unpaired) electrons. The number of anilines is 1. The van der Waals surface area contributed by atoms with E-state index in [0.29, 0.717) is 11.3 Å². The van der Waals surface area contributed by atoms with Gasteiger partial charge in [-0.3, -0.25) is 0 Å². The van der Waals surface area contributed by atoms with E-state index in [0.717, 1.165) is 6.07 Å². The van der Waals surface area contributed by atoms with Crippen LogP contribution in [0.3, 0.4) is 0 Å². The molecule has 0 spiro atoms. The van der Waals surface area contributed by atoms with Crippen LogP contribution in [0.5, 0.6) is 0 Å². The van der Waals surface area contributed by atoms with Crippen molar-refractivity contribution in [2.45, 2.75) is 17.6 Å². The first kappa shape index (κ1) is 14.8. The van der Waals surface area contributed by atoms with Gasteiger partial charge in [-0.1, -0.05) is 17.7 Å². The molecular formula is C14H13ClFNO2S. The van der Waals surface area contributed by atoms with Crippen molar-refractivity contribution in [1.82, 2.24) is 0 Å². The van der Waals surface area contributed by atoms with Crippen molar-refractivity contribution in [2.75, 3.05) is 5.73 Å². The fourth-order valence-electron chi connectivity index (χ4n) is 1.90. The topological polar surface area (TPSA) is 60.2 Å². The highest BCUT2D eigenvalue weighted by atomic mass is 35.5. The van der Waals surface area contributed by atoms with E-state index in [4.69, 9.17) is 17.3 Å². The maximum atomic E-state index is 13.2. The van der Waals surface area contributed by atoms with Crippen molar-refractivity contribution < 1.29 is 12.8 Å². The average molecular weight is 314 g/mol. The molecule has 106 valence electrons. The van der Waals surface area contributed by atoms with Gasteiger partial charge in [0.15, 0.2) is 9.84 Å². The summed E-state index contributed by atoms with van der Waals surface area (Å²) < 4.78 is 38.0. The van der Waals surface area contributed by atoms with E-state index in [-0.39, 0.29) is 21.2 Å². The van der Waals surface area contributed by atoms with E-state index in [9.17, 15) is 12.8 Å². The van der Waals surface area contributed by atoms with Crippen molar-refractivity contribution in [3.8, 4) is 0 Å². The summed E-state index contributed by atoms with van der Waals surface area (Å²) in [7, 11) is -3.64. The first-order valence-electron chi connectivity index (χ1n) is 5.83. The normalized spacial score (nSPS) is 11.6. The smallest absolute Gasteiger partial charge is 0.182 e. The molecule has 0 aliphatic carbocycles. The minimum Gasteiger partial charge on any atom is -0.398 e. The zero-order valence-corrected chi connectivity index (χ0v) is 12.3. The Morgan fingerprint density at radius 3 is 2.65 bits per heavy atom. The highest BCUT2D eigenvalue weighted by Gasteiger charge is 2.20. The molecule has 0 fully saturated rings. The molecule has 2 rings (SSSR count). The second-order valence-electron chi connectivity index (χ2n) is 4.47. The summed E-state index contributed by atoms with van der Waals surface area (Å²) >= 11 is 5.90. The summed E-state index contributed by atoms with van der Waals surface area (Å²) in [5.41, 5.74) is 6.83. The highest BCUT2D eigenvalue weighted by molar-refractivity contribution is 7.90. The van der Waals surface area contributed by atoms with Crippen LogP contribution < -0.4 is 5.73 Å². The summed E-state index contributed by atoms with van der Waals surface area (Å²) in [6.07, 6.45) is 0. The highest BCUT2D eigenvalue weighted by Crippen LogP contribution is 2.26. The van der Waals surface area contributed by atoms with Crippen LogP contribution in [0.25, 0.3) is 0 Å². The van der Waals surface area contributed by atoms with Crippen LogP contribution in [0.4, 0.5) is 10.1 Å². The summed E-state index contributed by atoms with van der Waals surface area (Å²) in [5, 5.41) is 0.219. The van der Waals surface area contributed by atoms with Gasteiger partial charge in [-0.15, -0.1) is 0 Å². The molecule has 0 aliphatic rings. The van der Waals surface area contributed by atoms with Crippen LogP contribution in [-0.4, -0.2) is 8.42 Å². The average Bonchev–Trinajstić information content (AvgIpc) is 2.36. The van der Waals surface area contributed by atoms with Crippen molar-refractivity contribution in [2.24, 2.45) is 0 Å². The van der Waals surface area contributed by atoms with Crippen LogP contribution >= 0.6 is 11.6 Å². The van der Waals surface area contributed by atoms with E-state index >= 15 is 0 Å². The lowest BCUT2D eigenvalue weighted by atomic mass is 10.2. The summed E-state index contributed by atoms with van der Waals surface area (Å²) in [6.45, 7) is 1.63. The Morgan fingerprint density at radius 1 is 1.25 bits per heavy atom. The predicted molar refractivity (Wildman–Crippen MR) is 77.9 cm³/mol. The number of hydrogen-bond donors (Lipinski definition) is 1. The third-order valence-corrected chi connectivity index (χ3v) is 5.19. The monoisotopic (exact) mass is 313 g/mol. The van der Waals surface area contributed by atoms with Crippen molar-refractivity contribution >= 4 is 27.1 Å². The summed E-state index contributed by atoms with van der Waals surface area (Å²) in [4.78, 5) is 0.137. The zero-order valence-electron chi connectivity index (χ0n) is 10.7. The maximum absolute atomic E-state index is 13.2. The minimum atomic E-state index is -3.64. The van der Waals surface area contributed by atoms with Gasteiger partial charge in [0.25, 0.3) is 0 Å². The Labute approximate surface area is 122 Å². The maximum Gasteiger partial charge on any atom is 0.182 e. The number of rotatable bonds is 3. The molecule has 0 aromatic heterocycles. The molecule has 0 amide bonds. The first-order chi connectivity index (χ1) is 9.31. The third kappa shape index (κ3) is 2.94. The lowest BCUT2D eigenvalue weighted by Gasteiger charge is -2.10. The van der Waals surface area contributed by atoms with Gasteiger partial charge in [-0.25, -0.2) is 12.8 Å².